The summed E-state index contributed by atoms with van der Waals surface area (Å²) in [7, 11) is 1.56. The molecule has 32 heavy (non-hydrogen) atoms. The van der Waals surface area contributed by atoms with Crippen LogP contribution in [0.3, 0.4) is 0 Å². The van der Waals surface area contributed by atoms with E-state index < -0.39 is 5.82 Å². The summed E-state index contributed by atoms with van der Waals surface area (Å²) in [6.45, 7) is 0.390. The maximum absolute atomic E-state index is 13.6. The molecule has 1 saturated heterocycles. The van der Waals surface area contributed by atoms with Gasteiger partial charge in [-0.25, -0.2) is 4.39 Å². The van der Waals surface area contributed by atoms with Crippen LogP contribution in [0.4, 0.5) is 10.1 Å². The molecule has 4 nitrogen and oxygen atoms in total. The Hall–Kier alpha value is -2.68. The van der Waals surface area contributed by atoms with Crippen LogP contribution in [0.25, 0.3) is 6.08 Å². The van der Waals surface area contributed by atoms with Gasteiger partial charge in [-0.15, -0.1) is 0 Å². The number of carbonyl (C=O) groups excluding carboxylic acids is 1. The molecule has 0 spiro atoms. The van der Waals surface area contributed by atoms with E-state index in [0.717, 1.165) is 11.1 Å². The van der Waals surface area contributed by atoms with E-state index in [2.05, 4.69) is 15.9 Å². The lowest BCUT2D eigenvalue weighted by atomic mass is 10.1. The fourth-order valence-electron chi connectivity index (χ4n) is 3.15. The zero-order valence-corrected chi connectivity index (χ0v) is 20.1. The number of halogens is 2. The van der Waals surface area contributed by atoms with Crippen molar-refractivity contribution in [3.8, 4) is 11.5 Å². The smallest absolute Gasteiger partial charge is 0.270 e. The van der Waals surface area contributed by atoms with Gasteiger partial charge in [-0.2, -0.15) is 0 Å². The second kappa shape index (κ2) is 9.85. The molecule has 1 aliphatic heterocycles. The van der Waals surface area contributed by atoms with Gasteiger partial charge in [0.1, 0.15) is 12.4 Å². The van der Waals surface area contributed by atoms with Crippen molar-refractivity contribution in [2.24, 2.45) is 0 Å². The van der Waals surface area contributed by atoms with Gasteiger partial charge in [0, 0.05) is 0 Å². The fraction of sp³-hybridized carbons (Fsp3) is 0.0833. The molecule has 0 N–H and O–H groups in total. The van der Waals surface area contributed by atoms with Gasteiger partial charge < -0.3 is 9.47 Å². The molecule has 0 radical (unpaired) electrons. The average Bonchev–Trinajstić information content (AvgIpc) is 3.06. The van der Waals surface area contributed by atoms with Gasteiger partial charge >= 0.3 is 0 Å². The molecule has 0 aliphatic carbocycles. The number of methoxy groups -OCH3 is 1. The molecule has 1 aliphatic rings. The minimum atomic E-state index is -0.430. The molecule has 4 rings (SSSR count). The van der Waals surface area contributed by atoms with Crippen LogP contribution < -0.4 is 14.4 Å². The summed E-state index contributed by atoms with van der Waals surface area (Å²) in [5.74, 6) is 0.369. The Morgan fingerprint density at radius 2 is 1.91 bits per heavy atom. The SMILES string of the molecule is COc1cc(/C=C2\SC(=S)N(c3cccc(F)c3)C2=O)cc(Br)c1OCc1ccccc1. The monoisotopic (exact) mass is 529 g/mol. The lowest BCUT2D eigenvalue weighted by Gasteiger charge is -2.14. The Balaban J connectivity index is 1.59. The van der Waals surface area contributed by atoms with E-state index in [-0.39, 0.29) is 5.91 Å². The van der Waals surface area contributed by atoms with Crippen LogP contribution in [0.15, 0.2) is 76.1 Å². The van der Waals surface area contributed by atoms with Crippen LogP contribution >= 0.6 is 39.9 Å². The second-order valence-electron chi connectivity index (χ2n) is 6.81. The van der Waals surface area contributed by atoms with Gasteiger partial charge in [0.25, 0.3) is 5.91 Å². The molecule has 3 aromatic carbocycles. The van der Waals surface area contributed by atoms with Gasteiger partial charge in [-0.05, 0) is 63.5 Å². The number of carbonyl (C=O) groups is 1. The molecular weight excluding hydrogens is 513 g/mol. The number of ether oxygens (including phenoxy) is 2. The van der Waals surface area contributed by atoms with E-state index in [1.54, 1.807) is 31.4 Å². The van der Waals surface area contributed by atoms with Crippen molar-refractivity contribution in [3.63, 3.8) is 0 Å². The molecule has 0 bridgehead atoms. The summed E-state index contributed by atoms with van der Waals surface area (Å²) in [4.78, 5) is 14.7. The Bertz CT molecular complexity index is 1220. The molecule has 8 heteroatoms. The van der Waals surface area contributed by atoms with Gasteiger partial charge in [0.2, 0.25) is 0 Å². The molecule has 162 valence electrons. The normalized spacial score (nSPS) is 14.8. The molecule has 0 aromatic heterocycles. The topological polar surface area (TPSA) is 38.8 Å². The van der Waals surface area contributed by atoms with E-state index in [4.69, 9.17) is 21.7 Å². The molecule has 0 saturated carbocycles. The zero-order valence-electron chi connectivity index (χ0n) is 16.9. The highest BCUT2D eigenvalue weighted by Gasteiger charge is 2.33. The third-order valence-corrected chi connectivity index (χ3v) is 6.53. The van der Waals surface area contributed by atoms with Crippen LogP contribution in [0.1, 0.15) is 11.1 Å². The molecule has 1 heterocycles. The minimum Gasteiger partial charge on any atom is -0.493 e. The summed E-state index contributed by atoms with van der Waals surface area (Å²) in [6.07, 6.45) is 1.73. The van der Waals surface area contributed by atoms with Crippen LogP contribution in [0.5, 0.6) is 11.5 Å². The Morgan fingerprint density at radius 3 is 2.62 bits per heavy atom. The zero-order chi connectivity index (χ0) is 22.7. The number of hydrogen-bond donors (Lipinski definition) is 0. The number of anilines is 1. The van der Waals surface area contributed by atoms with E-state index in [1.807, 2.05) is 36.4 Å². The maximum atomic E-state index is 13.6. The van der Waals surface area contributed by atoms with Crippen LogP contribution in [0.2, 0.25) is 0 Å². The molecule has 3 aromatic rings. The van der Waals surface area contributed by atoms with Crippen LogP contribution in [-0.4, -0.2) is 17.3 Å². The summed E-state index contributed by atoms with van der Waals surface area (Å²) >= 11 is 10.1. The number of hydrogen-bond acceptors (Lipinski definition) is 5. The first-order chi connectivity index (χ1) is 15.5. The van der Waals surface area contributed by atoms with Gasteiger partial charge in [0.15, 0.2) is 15.8 Å². The fourth-order valence-corrected chi connectivity index (χ4v) is 5.02. The van der Waals surface area contributed by atoms with Crippen molar-refractivity contribution in [2.75, 3.05) is 12.0 Å². The lowest BCUT2D eigenvalue weighted by molar-refractivity contribution is -0.113. The predicted octanol–water partition coefficient (Wildman–Crippen LogP) is 6.58. The summed E-state index contributed by atoms with van der Waals surface area (Å²) in [6, 6.07) is 19.3. The van der Waals surface area contributed by atoms with E-state index in [1.165, 1.54) is 28.8 Å². The van der Waals surface area contributed by atoms with E-state index in [0.29, 0.717) is 37.5 Å². The third kappa shape index (κ3) is 4.87. The first-order valence-corrected chi connectivity index (χ1v) is 11.6. The van der Waals surface area contributed by atoms with Crippen molar-refractivity contribution in [1.82, 2.24) is 0 Å². The standard InChI is InChI=1S/C24H17BrFNO3S2/c1-29-20-11-16(10-19(25)22(20)30-14-15-6-3-2-4-7-15)12-21-23(28)27(24(31)32-21)18-9-5-8-17(26)13-18/h2-13H,14H2,1H3/b21-12-. The van der Waals surface area contributed by atoms with E-state index >= 15 is 0 Å². The summed E-state index contributed by atoms with van der Waals surface area (Å²) in [5, 5.41) is 0. The summed E-state index contributed by atoms with van der Waals surface area (Å²) < 4.78 is 26.1. The van der Waals surface area contributed by atoms with Gasteiger partial charge in [0.05, 0.1) is 22.2 Å². The molecule has 0 unspecified atom stereocenters. The maximum Gasteiger partial charge on any atom is 0.270 e. The lowest BCUT2D eigenvalue weighted by Crippen LogP contribution is -2.27. The largest absolute Gasteiger partial charge is 0.493 e. The number of rotatable bonds is 6. The minimum absolute atomic E-state index is 0.301. The number of thiocarbonyl (C=S) groups is 1. The van der Waals surface area contributed by atoms with Crippen molar-refractivity contribution in [3.05, 3.63) is 93.1 Å². The van der Waals surface area contributed by atoms with E-state index in [9.17, 15) is 9.18 Å². The Labute approximate surface area is 203 Å². The Kier molecular flexibility index (Phi) is 6.93. The van der Waals surface area contributed by atoms with Crippen molar-refractivity contribution in [2.45, 2.75) is 6.61 Å². The average molecular weight is 530 g/mol. The number of benzene rings is 3. The van der Waals surface area contributed by atoms with Crippen molar-refractivity contribution >= 4 is 61.9 Å². The highest BCUT2D eigenvalue weighted by Crippen LogP contribution is 2.40. The second-order valence-corrected chi connectivity index (χ2v) is 9.34. The molecule has 1 amide bonds. The number of nitrogens with zero attached hydrogens (tertiary/aromatic N) is 1. The van der Waals surface area contributed by atoms with Crippen molar-refractivity contribution < 1.29 is 18.7 Å². The Morgan fingerprint density at radius 1 is 1.12 bits per heavy atom. The predicted molar refractivity (Wildman–Crippen MR) is 134 cm³/mol. The van der Waals surface area contributed by atoms with Crippen LogP contribution in [-0.2, 0) is 11.4 Å². The van der Waals surface area contributed by atoms with Crippen molar-refractivity contribution in [1.29, 1.82) is 0 Å². The van der Waals surface area contributed by atoms with Crippen LogP contribution in [0, 0.1) is 5.82 Å². The highest BCUT2D eigenvalue weighted by molar-refractivity contribution is 9.10. The molecular formula is C24H17BrFNO3S2. The summed E-state index contributed by atoms with van der Waals surface area (Å²) in [5.41, 5.74) is 2.17. The quantitative estimate of drug-likeness (QED) is 0.266. The molecule has 1 fully saturated rings. The number of thioether (sulfide) groups is 1. The number of amides is 1. The first kappa shape index (κ1) is 22.5. The van der Waals surface area contributed by atoms with Gasteiger partial charge in [-0.3, -0.25) is 9.69 Å². The van der Waals surface area contributed by atoms with Gasteiger partial charge in [-0.1, -0.05) is 60.4 Å². The first-order valence-electron chi connectivity index (χ1n) is 9.54. The molecule has 0 atom stereocenters. The highest BCUT2D eigenvalue weighted by atomic mass is 79.9. The third-order valence-electron chi connectivity index (χ3n) is 4.64.